The molecule has 0 aromatic heterocycles. The van der Waals surface area contributed by atoms with E-state index in [1.807, 2.05) is 0 Å². The number of hydrogen-bond acceptors (Lipinski definition) is 14. The average molecular weight is 851 g/mol. The fraction of sp³-hybridized carbons (Fsp3) is 0.739. The Morgan fingerprint density at radius 1 is 0.400 bits per heavy atom. The molecule has 0 heterocycles. The van der Waals surface area contributed by atoms with E-state index < -0.39 is 0 Å². The van der Waals surface area contributed by atoms with Crippen molar-refractivity contribution in [1.82, 2.24) is 4.90 Å². The summed E-state index contributed by atoms with van der Waals surface area (Å²) in [7, 11) is 0. The Labute approximate surface area is 360 Å². The van der Waals surface area contributed by atoms with Crippen LogP contribution in [-0.2, 0) is 60.5 Å². The molecule has 14 nitrogen and oxygen atoms in total. The lowest BCUT2D eigenvalue weighted by Crippen LogP contribution is -2.39. The van der Waals surface area contributed by atoms with E-state index in [-0.39, 0.29) is 13.2 Å². The van der Waals surface area contributed by atoms with E-state index >= 15 is 0 Å². The van der Waals surface area contributed by atoms with Crippen LogP contribution in [0.25, 0.3) is 0 Å². The van der Waals surface area contributed by atoms with Gasteiger partial charge in [-0.3, -0.25) is 4.90 Å². The van der Waals surface area contributed by atoms with Gasteiger partial charge in [0.25, 0.3) is 0 Å². The molecule has 2 saturated carbocycles. The molecule has 60 heavy (non-hydrogen) atoms. The molecule has 0 radical (unpaired) electrons. The summed E-state index contributed by atoms with van der Waals surface area (Å²) in [4.78, 5) is 2.64. The van der Waals surface area contributed by atoms with Crippen LogP contribution in [-0.4, -0.2) is 172 Å². The highest BCUT2D eigenvalue weighted by molar-refractivity contribution is 5.17. The van der Waals surface area contributed by atoms with Gasteiger partial charge < -0.3 is 63.3 Å². The molecule has 0 bridgehead atoms. The molecule has 0 atom stereocenters. The van der Waals surface area contributed by atoms with Crippen LogP contribution in [0.2, 0.25) is 0 Å². The van der Waals surface area contributed by atoms with Gasteiger partial charge in [0.15, 0.2) is 0 Å². The van der Waals surface area contributed by atoms with Crippen LogP contribution in [0.15, 0.2) is 60.7 Å². The van der Waals surface area contributed by atoms with E-state index in [9.17, 15) is 0 Å². The first-order chi connectivity index (χ1) is 29.7. The first-order valence-electron chi connectivity index (χ1n) is 22.3. The highest BCUT2D eigenvalue weighted by atomic mass is 16.6. The minimum Gasteiger partial charge on any atom is -0.394 e. The van der Waals surface area contributed by atoms with Crippen LogP contribution in [0.3, 0.4) is 0 Å². The first-order valence-corrected chi connectivity index (χ1v) is 22.3. The van der Waals surface area contributed by atoms with Crippen molar-refractivity contribution in [1.29, 1.82) is 0 Å². The maximum atomic E-state index is 8.61. The molecule has 344 valence electrons. The maximum absolute atomic E-state index is 8.61. The molecule has 0 saturated heterocycles. The predicted molar refractivity (Wildman–Crippen MR) is 231 cm³/mol. The van der Waals surface area contributed by atoms with Crippen molar-refractivity contribution in [2.24, 2.45) is 5.73 Å². The average Bonchev–Trinajstić information content (AvgIpc) is 3.28. The normalized spacial score (nSPS) is 19.3. The van der Waals surface area contributed by atoms with Crippen molar-refractivity contribution in [2.45, 2.75) is 88.7 Å². The van der Waals surface area contributed by atoms with E-state index in [1.165, 1.54) is 11.1 Å². The second-order valence-electron chi connectivity index (χ2n) is 14.9. The molecule has 0 amide bonds. The predicted octanol–water partition coefficient (Wildman–Crippen LogP) is 4.41. The van der Waals surface area contributed by atoms with Crippen LogP contribution < -0.4 is 5.73 Å². The molecule has 2 aliphatic carbocycles. The quantitative estimate of drug-likeness (QED) is 0.0837. The van der Waals surface area contributed by atoms with E-state index in [1.54, 1.807) is 0 Å². The fourth-order valence-electron chi connectivity index (χ4n) is 6.98. The summed E-state index contributed by atoms with van der Waals surface area (Å²) in [5, 5.41) is 17.1. The third-order valence-electron chi connectivity index (χ3n) is 10.2. The van der Waals surface area contributed by atoms with Crippen molar-refractivity contribution < 1.29 is 57.6 Å². The number of nitrogens with zero attached hydrogens (tertiary/aromatic N) is 1. The third kappa shape index (κ3) is 27.7. The Morgan fingerprint density at radius 2 is 0.700 bits per heavy atom. The molecule has 0 unspecified atom stereocenters. The van der Waals surface area contributed by atoms with Gasteiger partial charge in [0.05, 0.1) is 144 Å². The van der Waals surface area contributed by atoms with Crippen LogP contribution in [0, 0.1) is 0 Å². The SMILES string of the molecule is NC1CCC(OCCOCCOCCOCCOCCO)CC1.OCCOCCOCCOCCOCCOC1CCC(N(Cc2ccccc2)Cc2ccccc2)CC1. The summed E-state index contributed by atoms with van der Waals surface area (Å²) in [5.41, 5.74) is 8.60. The Hall–Kier alpha value is -2.12. The van der Waals surface area contributed by atoms with Crippen molar-refractivity contribution in [2.75, 3.05) is 132 Å². The van der Waals surface area contributed by atoms with Gasteiger partial charge in [-0.2, -0.15) is 0 Å². The summed E-state index contributed by atoms with van der Waals surface area (Å²) in [6.07, 6.45) is 9.45. The molecule has 14 heteroatoms. The lowest BCUT2D eigenvalue weighted by Gasteiger charge is -2.37. The zero-order valence-electron chi connectivity index (χ0n) is 36.3. The number of rotatable bonds is 35. The standard InChI is InChI=1S/C30H45NO6.C16H33NO6/c32-15-16-33-17-18-34-19-20-35-21-22-36-23-24-37-30-13-11-29(12-14-30)31(25-27-7-3-1-4-8-27)26-28-9-5-2-6-10-28;17-15-1-3-16(4-2-15)23-14-13-22-12-11-21-10-9-20-8-7-19-6-5-18/h1-10,29-30,32H,11-26H2;15-16,18H,1-14,17H2. The largest absolute Gasteiger partial charge is 0.394 e. The lowest BCUT2D eigenvalue weighted by atomic mass is 9.91. The fourth-order valence-corrected chi connectivity index (χ4v) is 6.98. The Balaban J connectivity index is 0.000000359. The van der Waals surface area contributed by atoms with E-state index in [4.69, 9.17) is 63.3 Å². The van der Waals surface area contributed by atoms with Gasteiger partial charge in [0, 0.05) is 25.2 Å². The van der Waals surface area contributed by atoms with Gasteiger partial charge >= 0.3 is 0 Å². The molecule has 2 aromatic carbocycles. The summed E-state index contributed by atoms with van der Waals surface area (Å²) in [6, 6.07) is 22.5. The zero-order valence-corrected chi connectivity index (χ0v) is 36.3. The molecule has 2 fully saturated rings. The third-order valence-corrected chi connectivity index (χ3v) is 10.2. The number of hydrogen-bond donors (Lipinski definition) is 3. The summed E-state index contributed by atoms with van der Waals surface area (Å²) < 4.78 is 54.7. The monoisotopic (exact) mass is 851 g/mol. The van der Waals surface area contributed by atoms with Crippen molar-refractivity contribution in [3.63, 3.8) is 0 Å². The number of ether oxygens (including phenoxy) is 10. The minimum absolute atomic E-state index is 0.0401. The minimum atomic E-state index is 0.0401. The molecule has 0 aliphatic heterocycles. The van der Waals surface area contributed by atoms with E-state index in [0.29, 0.717) is 143 Å². The molecule has 4 rings (SSSR count). The van der Waals surface area contributed by atoms with Crippen molar-refractivity contribution in [3.05, 3.63) is 71.8 Å². The second kappa shape index (κ2) is 37.4. The molecular formula is C46H78N2O12. The lowest BCUT2D eigenvalue weighted by molar-refractivity contribution is -0.0369. The van der Waals surface area contributed by atoms with Crippen LogP contribution in [0.1, 0.15) is 62.5 Å². The smallest absolute Gasteiger partial charge is 0.0704 e. The summed E-state index contributed by atoms with van der Waals surface area (Å²) in [6.45, 7) is 11.6. The Morgan fingerprint density at radius 3 is 1.03 bits per heavy atom. The maximum Gasteiger partial charge on any atom is 0.0704 e. The second-order valence-corrected chi connectivity index (χ2v) is 14.9. The number of aliphatic hydroxyl groups excluding tert-OH is 2. The van der Waals surface area contributed by atoms with Gasteiger partial charge in [-0.15, -0.1) is 0 Å². The Kier molecular flexibility index (Phi) is 32.6. The van der Waals surface area contributed by atoms with E-state index in [2.05, 4.69) is 65.6 Å². The van der Waals surface area contributed by atoms with Gasteiger partial charge in [-0.1, -0.05) is 60.7 Å². The molecule has 4 N–H and O–H groups in total. The number of aliphatic hydroxyl groups is 2. The van der Waals surface area contributed by atoms with Crippen LogP contribution in [0.5, 0.6) is 0 Å². The molecule has 2 aliphatic rings. The van der Waals surface area contributed by atoms with Gasteiger partial charge in [0.1, 0.15) is 0 Å². The number of nitrogens with two attached hydrogens (primary N) is 1. The zero-order chi connectivity index (χ0) is 42.4. The van der Waals surface area contributed by atoms with Crippen LogP contribution >= 0.6 is 0 Å². The molecule has 0 spiro atoms. The summed E-state index contributed by atoms with van der Waals surface area (Å²) in [5.74, 6) is 0. The van der Waals surface area contributed by atoms with Gasteiger partial charge in [0.2, 0.25) is 0 Å². The first kappa shape index (κ1) is 52.2. The number of benzene rings is 2. The summed E-state index contributed by atoms with van der Waals surface area (Å²) >= 11 is 0. The van der Waals surface area contributed by atoms with Gasteiger partial charge in [-0.25, -0.2) is 0 Å². The highest BCUT2D eigenvalue weighted by Crippen LogP contribution is 2.28. The Bertz CT molecular complexity index is 1150. The van der Waals surface area contributed by atoms with Gasteiger partial charge in [-0.05, 0) is 62.5 Å². The highest BCUT2D eigenvalue weighted by Gasteiger charge is 2.26. The van der Waals surface area contributed by atoms with Crippen molar-refractivity contribution >= 4 is 0 Å². The van der Waals surface area contributed by atoms with E-state index in [0.717, 1.165) is 64.5 Å². The van der Waals surface area contributed by atoms with Crippen molar-refractivity contribution in [3.8, 4) is 0 Å². The molecular weight excluding hydrogens is 773 g/mol. The molecule has 2 aromatic rings. The topological polar surface area (TPSA) is 162 Å². The van der Waals surface area contributed by atoms with Crippen LogP contribution in [0.4, 0.5) is 0 Å².